The molecule has 0 fully saturated rings. The van der Waals surface area contributed by atoms with E-state index in [2.05, 4.69) is 26.6 Å². The molecule has 0 aliphatic carbocycles. The topological polar surface area (TPSA) is 41.4 Å². The van der Waals surface area contributed by atoms with Crippen LogP contribution < -0.4 is 4.90 Å². The lowest BCUT2D eigenvalue weighted by Crippen LogP contribution is -2.49. The van der Waals surface area contributed by atoms with Crippen LogP contribution in [0.1, 0.15) is 18.3 Å². The third-order valence-electron chi connectivity index (χ3n) is 4.83. The predicted octanol–water partition coefficient (Wildman–Crippen LogP) is 1.68. The molecule has 1 aromatic carbocycles. The molecule has 2 aliphatic rings. The fourth-order valence-corrected chi connectivity index (χ4v) is 3.47. The van der Waals surface area contributed by atoms with Gasteiger partial charge in [-0.05, 0) is 25.0 Å². The summed E-state index contributed by atoms with van der Waals surface area (Å²) < 4.78 is 2.17. The maximum Gasteiger partial charge on any atom is 0.244 e. The molecule has 0 bridgehead atoms. The van der Waals surface area contributed by atoms with E-state index in [1.54, 1.807) is 0 Å². The van der Waals surface area contributed by atoms with Crippen LogP contribution in [-0.4, -0.2) is 39.5 Å². The van der Waals surface area contributed by atoms with Crippen LogP contribution in [0.3, 0.4) is 0 Å². The maximum absolute atomic E-state index is 12.9. The predicted molar refractivity (Wildman–Crippen MR) is 84.6 cm³/mol. The van der Waals surface area contributed by atoms with Gasteiger partial charge in [0, 0.05) is 37.7 Å². The second-order valence-electron chi connectivity index (χ2n) is 6.05. The number of para-hydroxylation sites is 1. The fraction of sp³-hybridized carbons (Fsp3) is 0.412. The Morgan fingerprint density at radius 3 is 3.00 bits per heavy atom. The van der Waals surface area contributed by atoms with Gasteiger partial charge in [0.1, 0.15) is 5.82 Å². The molecule has 0 saturated carbocycles. The van der Waals surface area contributed by atoms with Gasteiger partial charge in [-0.2, -0.15) is 0 Å². The third-order valence-corrected chi connectivity index (χ3v) is 4.83. The number of carbonyl (C=O) groups is 1. The van der Waals surface area contributed by atoms with Crippen LogP contribution in [0.15, 0.2) is 36.7 Å². The van der Waals surface area contributed by atoms with Gasteiger partial charge in [0.25, 0.3) is 0 Å². The molecule has 1 amide bonds. The highest BCUT2D eigenvalue weighted by molar-refractivity contribution is 5.98. The molecule has 1 atom stereocenters. The minimum absolute atomic E-state index is 0.114. The van der Waals surface area contributed by atoms with Crippen LogP contribution >= 0.6 is 0 Å². The lowest BCUT2D eigenvalue weighted by Gasteiger charge is -2.34. The summed E-state index contributed by atoms with van der Waals surface area (Å²) >= 11 is 0. The van der Waals surface area contributed by atoms with Crippen molar-refractivity contribution >= 4 is 11.6 Å². The Hall–Kier alpha value is -2.14. The molecule has 0 saturated heterocycles. The smallest absolute Gasteiger partial charge is 0.244 e. The lowest BCUT2D eigenvalue weighted by atomic mass is 10.1. The summed E-state index contributed by atoms with van der Waals surface area (Å²) in [6.45, 7) is 5.36. The molecule has 0 unspecified atom stereocenters. The number of amides is 1. The van der Waals surface area contributed by atoms with Gasteiger partial charge >= 0.3 is 0 Å². The van der Waals surface area contributed by atoms with E-state index in [-0.39, 0.29) is 11.9 Å². The van der Waals surface area contributed by atoms with Crippen LogP contribution in [0.2, 0.25) is 0 Å². The number of hydrogen-bond acceptors (Lipinski definition) is 3. The van der Waals surface area contributed by atoms with E-state index in [0.717, 1.165) is 44.1 Å². The first-order valence-electron chi connectivity index (χ1n) is 7.87. The van der Waals surface area contributed by atoms with E-state index in [0.29, 0.717) is 0 Å². The Kier molecular flexibility index (Phi) is 3.22. The van der Waals surface area contributed by atoms with E-state index in [4.69, 9.17) is 0 Å². The molecule has 1 aromatic heterocycles. The first-order valence-corrected chi connectivity index (χ1v) is 7.87. The van der Waals surface area contributed by atoms with Gasteiger partial charge in [-0.25, -0.2) is 4.98 Å². The minimum atomic E-state index is -0.114. The molecule has 114 valence electrons. The molecular formula is C17H20N4O. The van der Waals surface area contributed by atoms with Gasteiger partial charge in [-0.3, -0.25) is 9.69 Å². The van der Waals surface area contributed by atoms with Crippen LogP contribution in [0, 0.1) is 0 Å². The van der Waals surface area contributed by atoms with E-state index in [1.807, 2.05) is 36.4 Å². The quantitative estimate of drug-likeness (QED) is 0.846. The summed E-state index contributed by atoms with van der Waals surface area (Å²) in [6.07, 6.45) is 4.80. The van der Waals surface area contributed by atoms with Gasteiger partial charge in [0.05, 0.1) is 12.6 Å². The average Bonchev–Trinajstić information content (AvgIpc) is 3.19. The second kappa shape index (κ2) is 5.25. The Morgan fingerprint density at radius 2 is 2.09 bits per heavy atom. The monoisotopic (exact) mass is 296 g/mol. The third kappa shape index (κ3) is 2.13. The fourth-order valence-electron chi connectivity index (χ4n) is 3.47. The molecule has 3 heterocycles. The van der Waals surface area contributed by atoms with Crippen molar-refractivity contribution in [3.05, 3.63) is 48.0 Å². The highest BCUT2D eigenvalue weighted by Crippen LogP contribution is 2.28. The zero-order chi connectivity index (χ0) is 15.1. The number of anilines is 1. The van der Waals surface area contributed by atoms with E-state index in [9.17, 15) is 4.79 Å². The van der Waals surface area contributed by atoms with Crippen molar-refractivity contribution in [1.29, 1.82) is 0 Å². The zero-order valence-corrected chi connectivity index (χ0v) is 12.8. The minimum Gasteiger partial charge on any atom is -0.333 e. The highest BCUT2D eigenvalue weighted by Gasteiger charge is 2.32. The van der Waals surface area contributed by atoms with Crippen molar-refractivity contribution in [3.63, 3.8) is 0 Å². The van der Waals surface area contributed by atoms with Gasteiger partial charge < -0.3 is 9.47 Å². The summed E-state index contributed by atoms with van der Waals surface area (Å²) in [5.41, 5.74) is 2.36. The van der Waals surface area contributed by atoms with Gasteiger partial charge in [0.2, 0.25) is 5.91 Å². The van der Waals surface area contributed by atoms with Crippen LogP contribution in [-0.2, 0) is 24.3 Å². The molecule has 2 aliphatic heterocycles. The number of benzene rings is 1. The highest BCUT2D eigenvalue weighted by atomic mass is 16.2. The Balaban J connectivity index is 1.52. The lowest BCUT2D eigenvalue weighted by molar-refractivity contribution is -0.123. The first-order chi connectivity index (χ1) is 10.7. The van der Waals surface area contributed by atoms with E-state index in [1.165, 1.54) is 5.56 Å². The Morgan fingerprint density at radius 1 is 1.23 bits per heavy atom. The summed E-state index contributed by atoms with van der Waals surface area (Å²) in [4.78, 5) is 21.5. The number of imidazole rings is 1. The number of nitrogens with zero attached hydrogens (tertiary/aromatic N) is 4. The molecular weight excluding hydrogens is 276 g/mol. The van der Waals surface area contributed by atoms with Crippen LogP contribution in [0.25, 0.3) is 0 Å². The number of fused-ring (bicyclic) bond motifs is 2. The van der Waals surface area contributed by atoms with E-state index >= 15 is 0 Å². The summed E-state index contributed by atoms with van der Waals surface area (Å²) in [5.74, 6) is 1.25. The average molecular weight is 296 g/mol. The summed E-state index contributed by atoms with van der Waals surface area (Å²) in [6, 6.07) is 8.10. The van der Waals surface area contributed by atoms with Crippen LogP contribution in [0.4, 0.5) is 5.69 Å². The Labute approximate surface area is 130 Å². The zero-order valence-electron chi connectivity index (χ0n) is 12.8. The van der Waals surface area contributed by atoms with Gasteiger partial charge in [-0.1, -0.05) is 18.2 Å². The number of carbonyl (C=O) groups excluding carboxylic acids is 1. The molecule has 4 rings (SSSR count). The van der Waals surface area contributed by atoms with Crippen molar-refractivity contribution in [2.24, 2.45) is 0 Å². The number of rotatable bonds is 2. The Bertz CT molecular complexity index is 708. The maximum atomic E-state index is 12.9. The first kappa shape index (κ1) is 13.5. The van der Waals surface area contributed by atoms with Gasteiger partial charge in [0.15, 0.2) is 0 Å². The molecule has 0 spiro atoms. The molecule has 0 radical (unpaired) electrons. The second-order valence-corrected chi connectivity index (χ2v) is 6.05. The summed E-state index contributed by atoms with van der Waals surface area (Å²) in [5, 5.41) is 0. The molecule has 5 heteroatoms. The van der Waals surface area contributed by atoms with Crippen molar-refractivity contribution in [3.8, 4) is 0 Å². The van der Waals surface area contributed by atoms with Crippen molar-refractivity contribution in [2.75, 3.05) is 18.0 Å². The molecule has 2 aromatic rings. The van der Waals surface area contributed by atoms with Crippen molar-refractivity contribution < 1.29 is 4.79 Å². The van der Waals surface area contributed by atoms with Crippen molar-refractivity contribution in [1.82, 2.24) is 14.5 Å². The normalized spacial score (nSPS) is 18.9. The largest absolute Gasteiger partial charge is 0.333 e. The standard InChI is InChI=1S/C17H20N4O/c1-13(20-11-10-19-9-7-18-16(19)12-20)17(22)21-8-6-14-4-2-3-5-15(14)21/h2-5,7,9,13H,6,8,10-12H2,1H3/t13-/m1/s1. The van der Waals surface area contributed by atoms with Crippen LogP contribution in [0.5, 0.6) is 0 Å². The van der Waals surface area contributed by atoms with E-state index < -0.39 is 0 Å². The summed E-state index contributed by atoms with van der Waals surface area (Å²) in [7, 11) is 0. The molecule has 22 heavy (non-hydrogen) atoms. The SMILES string of the molecule is C[C@H](C(=O)N1CCc2ccccc21)N1CCn2ccnc2C1. The molecule has 0 N–H and O–H groups in total. The van der Waals surface area contributed by atoms with Crippen molar-refractivity contribution in [2.45, 2.75) is 32.5 Å². The number of aromatic nitrogens is 2. The number of hydrogen-bond donors (Lipinski definition) is 0. The van der Waals surface area contributed by atoms with Gasteiger partial charge in [-0.15, -0.1) is 0 Å². The molecule has 5 nitrogen and oxygen atoms in total.